The molecule has 0 saturated heterocycles. The Hall–Kier alpha value is -0.750. The van der Waals surface area contributed by atoms with Crippen LogP contribution in [0.4, 0.5) is 8.78 Å². The molecular formula is C9H7BrClF2NO2. The molecule has 0 aliphatic rings. The summed E-state index contributed by atoms with van der Waals surface area (Å²) in [6.45, 7) is 0. The molecule has 7 heteroatoms. The first-order valence-electron chi connectivity index (χ1n) is 4.13. The summed E-state index contributed by atoms with van der Waals surface area (Å²) in [5, 5.41) is 0. The predicted octanol–water partition coefficient (Wildman–Crippen LogP) is 3.31. The first-order chi connectivity index (χ1) is 7.51. The Bertz CT molecular complexity index is 415. The quantitative estimate of drug-likeness (QED) is 0.488. The molecule has 16 heavy (non-hydrogen) atoms. The SMILES string of the molecule is COC(=O)c1cc(C(F)F)nc(Br)c1CCl. The van der Waals surface area contributed by atoms with E-state index in [0.717, 1.165) is 13.2 Å². The molecule has 0 aliphatic carbocycles. The number of pyridine rings is 1. The lowest BCUT2D eigenvalue weighted by atomic mass is 10.1. The van der Waals surface area contributed by atoms with Gasteiger partial charge in [0.2, 0.25) is 0 Å². The van der Waals surface area contributed by atoms with E-state index in [2.05, 4.69) is 25.7 Å². The number of methoxy groups -OCH3 is 1. The van der Waals surface area contributed by atoms with Gasteiger partial charge in [-0.05, 0) is 22.0 Å². The van der Waals surface area contributed by atoms with Crippen molar-refractivity contribution < 1.29 is 18.3 Å². The van der Waals surface area contributed by atoms with Gasteiger partial charge in [0.05, 0.1) is 18.6 Å². The van der Waals surface area contributed by atoms with Crippen molar-refractivity contribution in [2.75, 3.05) is 7.11 Å². The molecule has 0 aliphatic heterocycles. The molecule has 0 aromatic carbocycles. The van der Waals surface area contributed by atoms with Gasteiger partial charge in [0.15, 0.2) is 0 Å². The van der Waals surface area contributed by atoms with Crippen LogP contribution in [-0.2, 0) is 10.6 Å². The normalized spacial score (nSPS) is 10.6. The van der Waals surface area contributed by atoms with Gasteiger partial charge in [0.1, 0.15) is 10.3 Å². The summed E-state index contributed by atoms with van der Waals surface area (Å²) in [7, 11) is 1.16. The third-order valence-corrected chi connectivity index (χ3v) is 2.78. The molecule has 0 spiro atoms. The van der Waals surface area contributed by atoms with Crippen molar-refractivity contribution in [3.05, 3.63) is 27.5 Å². The number of rotatable bonds is 3. The Kier molecular flexibility index (Phi) is 4.61. The first kappa shape index (κ1) is 13.3. The maximum Gasteiger partial charge on any atom is 0.338 e. The zero-order chi connectivity index (χ0) is 12.3. The average Bonchev–Trinajstić information content (AvgIpc) is 2.26. The lowest BCUT2D eigenvalue weighted by Crippen LogP contribution is -2.08. The average molecular weight is 315 g/mol. The van der Waals surface area contributed by atoms with E-state index in [0.29, 0.717) is 5.56 Å². The minimum atomic E-state index is -2.76. The van der Waals surface area contributed by atoms with Crippen LogP contribution in [0.2, 0.25) is 0 Å². The summed E-state index contributed by atoms with van der Waals surface area (Å²) in [6.07, 6.45) is -2.76. The van der Waals surface area contributed by atoms with Crippen molar-refractivity contribution >= 4 is 33.5 Å². The number of esters is 1. The number of nitrogens with zero attached hydrogens (tertiary/aromatic N) is 1. The van der Waals surface area contributed by atoms with E-state index in [9.17, 15) is 13.6 Å². The first-order valence-corrected chi connectivity index (χ1v) is 5.45. The number of carbonyl (C=O) groups is 1. The molecule has 0 amide bonds. The second-order valence-electron chi connectivity index (χ2n) is 2.79. The molecule has 0 saturated carbocycles. The van der Waals surface area contributed by atoms with Crippen molar-refractivity contribution in [3.63, 3.8) is 0 Å². The highest BCUT2D eigenvalue weighted by Gasteiger charge is 2.20. The van der Waals surface area contributed by atoms with Crippen LogP contribution in [-0.4, -0.2) is 18.1 Å². The second kappa shape index (κ2) is 5.54. The van der Waals surface area contributed by atoms with Crippen LogP contribution >= 0.6 is 27.5 Å². The molecule has 88 valence electrons. The standard InChI is InChI=1S/C9H7BrClF2NO2/c1-16-9(15)4-2-6(8(12)13)14-7(10)5(4)3-11/h2,8H,3H2,1H3. The van der Waals surface area contributed by atoms with Crippen molar-refractivity contribution in [1.82, 2.24) is 4.98 Å². The van der Waals surface area contributed by atoms with Crippen LogP contribution in [0.3, 0.4) is 0 Å². The van der Waals surface area contributed by atoms with Gasteiger partial charge < -0.3 is 4.74 Å². The minimum absolute atomic E-state index is 0.00493. The highest BCUT2D eigenvalue weighted by Crippen LogP contribution is 2.26. The second-order valence-corrected chi connectivity index (χ2v) is 3.81. The molecule has 0 bridgehead atoms. The number of hydrogen-bond acceptors (Lipinski definition) is 3. The van der Waals surface area contributed by atoms with E-state index in [4.69, 9.17) is 11.6 Å². The van der Waals surface area contributed by atoms with Crippen LogP contribution in [0.5, 0.6) is 0 Å². The van der Waals surface area contributed by atoms with Crippen molar-refractivity contribution in [3.8, 4) is 0 Å². The summed E-state index contributed by atoms with van der Waals surface area (Å²) in [6, 6.07) is 0.985. The van der Waals surface area contributed by atoms with Crippen molar-refractivity contribution in [2.45, 2.75) is 12.3 Å². The Balaban J connectivity index is 3.36. The summed E-state index contributed by atoms with van der Waals surface area (Å²) < 4.78 is 29.5. The number of hydrogen-bond donors (Lipinski definition) is 0. The molecular weight excluding hydrogens is 307 g/mol. The van der Waals surface area contributed by atoms with Crippen LogP contribution in [0.25, 0.3) is 0 Å². The van der Waals surface area contributed by atoms with Gasteiger partial charge in [-0.15, -0.1) is 11.6 Å². The minimum Gasteiger partial charge on any atom is -0.465 e. The number of aromatic nitrogens is 1. The van der Waals surface area contributed by atoms with E-state index in [1.807, 2.05) is 0 Å². The Morgan fingerprint density at radius 2 is 2.31 bits per heavy atom. The number of carbonyl (C=O) groups excluding carboxylic acids is 1. The molecule has 0 fully saturated rings. The van der Waals surface area contributed by atoms with E-state index in [1.165, 1.54) is 0 Å². The molecule has 1 rings (SSSR count). The largest absolute Gasteiger partial charge is 0.465 e. The van der Waals surface area contributed by atoms with E-state index < -0.39 is 18.1 Å². The fraction of sp³-hybridized carbons (Fsp3) is 0.333. The van der Waals surface area contributed by atoms with Gasteiger partial charge >= 0.3 is 5.97 Å². The molecule has 3 nitrogen and oxygen atoms in total. The maximum atomic E-state index is 12.5. The Morgan fingerprint density at radius 3 is 2.75 bits per heavy atom. The molecule has 0 radical (unpaired) electrons. The summed E-state index contributed by atoms with van der Waals surface area (Å²) in [4.78, 5) is 14.9. The molecule has 0 N–H and O–H groups in total. The van der Waals surface area contributed by atoms with Gasteiger partial charge in [-0.25, -0.2) is 18.6 Å². The number of ether oxygens (including phenoxy) is 1. The van der Waals surface area contributed by atoms with Crippen molar-refractivity contribution in [1.29, 1.82) is 0 Å². The zero-order valence-electron chi connectivity index (χ0n) is 8.14. The van der Waals surface area contributed by atoms with Crippen LogP contribution in [0, 0.1) is 0 Å². The Labute approximate surface area is 104 Å². The monoisotopic (exact) mass is 313 g/mol. The molecule has 1 aromatic heterocycles. The summed E-state index contributed by atoms with van der Waals surface area (Å²) in [5.74, 6) is -0.748. The van der Waals surface area contributed by atoms with E-state index >= 15 is 0 Å². The molecule has 0 atom stereocenters. The zero-order valence-corrected chi connectivity index (χ0v) is 10.5. The van der Waals surface area contributed by atoms with Crippen LogP contribution in [0.1, 0.15) is 28.0 Å². The van der Waals surface area contributed by atoms with E-state index in [1.54, 1.807) is 0 Å². The van der Waals surface area contributed by atoms with Crippen LogP contribution in [0.15, 0.2) is 10.7 Å². The maximum absolute atomic E-state index is 12.5. The van der Waals surface area contributed by atoms with Gasteiger partial charge in [-0.2, -0.15) is 0 Å². The summed E-state index contributed by atoms with van der Waals surface area (Å²) in [5.41, 5.74) is -0.172. The Morgan fingerprint density at radius 1 is 1.69 bits per heavy atom. The molecule has 1 heterocycles. The highest BCUT2D eigenvalue weighted by atomic mass is 79.9. The number of halogens is 4. The highest BCUT2D eigenvalue weighted by molar-refractivity contribution is 9.10. The number of alkyl halides is 3. The lowest BCUT2D eigenvalue weighted by molar-refractivity contribution is 0.0599. The fourth-order valence-electron chi connectivity index (χ4n) is 1.09. The van der Waals surface area contributed by atoms with Gasteiger partial charge in [-0.3, -0.25) is 0 Å². The topological polar surface area (TPSA) is 39.2 Å². The van der Waals surface area contributed by atoms with Gasteiger partial charge in [0, 0.05) is 5.56 Å². The van der Waals surface area contributed by atoms with Gasteiger partial charge in [-0.1, -0.05) is 0 Å². The van der Waals surface area contributed by atoms with Crippen LogP contribution < -0.4 is 0 Å². The fourth-order valence-corrected chi connectivity index (χ4v) is 2.08. The predicted molar refractivity (Wildman–Crippen MR) is 57.8 cm³/mol. The molecule has 0 unspecified atom stereocenters. The third kappa shape index (κ3) is 2.68. The lowest BCUT2D eigenvalue weighted by Gasteiger charge is -2.09. The summed E-state index contributed by atoms with van der Waals surface area (Å²) >= 11 is 8.59. The molecule has 1 aromatic rings. The smallest absolute Gasteiger partial charge is 0.338 e. The third-order valence-electron chi connectivity index (χ3n) is 1.86. The van der Waals surface area contributed by atoms with Gasteiger partial charge in [0.25, 0.3) is 6.43 Å². The van der Waals surface area contributed by atoms with E-state index in [-0.39, 0.29) is 16.0 Å². The van der Waals surface area contributed by atoms with Crippen molar-refractivity contribution in [2.24, 2.45) is 0 Å².